The number of para-hydroxylation sites is 3. The van der Waals surface area contributed by atoms with Crippen molar-refractivity contribution in [3.63, 3.8) is 0 Å². The molecule has 5 unspecified atom stereocenters. The van der Waals surface area contributed by atoms with Gasteiger partial charge in [-0.3, -0.25) is 58.0 Å². The van der Waals surface area contributed by atoms with Gasteiger partial charge in [-0.1, -0.05) is 37.6 Å². The molecule has 4 aromatic carbocycles. The van der Waals surface area contributed by atoms with Gasteiger partial charge in [0.2, 0.25) is 0 Å². The zero-order valence-electron chi connectivity index (χ0n) is 54.4. The Morgan fingerprint density at radius 2 is 0.828 bits per heavy atom. The predicted octanol–water partition coefficient (Wildman–Crippen LogP) is 2.23. The molecule has 4 aliphatic heterocycles. The monoisotopic (exact) mass is 1290 g/mol. The number of alkyl carbamates (subject to hydrolysis) is 1. The van der Waals surface area contributed by atoms with E-state index >= 15 is 0 Å². The van der Waals surface area contributed by atoms with Crippen LogP contribution >= 0.6 is 0 Å². The summed E-state index contributed by atoms with van der Waals surface area (Å²) < 4.78 is 23.0. The third-order valence-electron chi connectivity index (χ3n) is 16.2. The van der Waals surface area contributed by atoms with Gasteiger partial charge in [0.15, 0.2) is 0 Å². The number of rotatable bonds is 9. The molecule has 9 amide bonds. The molecule has 12 bridgehead atoms. The first-order chi connectivity index (χ1) is 44.7. The molecule has 0 radical (unpaired) electrons. The largest absolute Gasteiger partial charge is 0.506 e. The van der Waals surface area contributed by atoms with Gasteiger partial charge < -0.3 is 71.9 Å². The number of nitrogens with one attached hydrogen (secondary N) is 9. The van der Waals surface area contributed by atoms with Crippen LogP contribution in [0.5, 0.6) is 23.0 Å². The summed E-state index contributed by atoms with van der Waals surface area (Å²) in [7, 11) is 4.16. The number of hydrogen-bond acceptors (Lipinski definition) is 18. The molecule has 0 saturated heterocycles. The summed E-state index contributed by atoms with van der Waals surface area (Å²) >= 11 is 0. The molecule has 4 aromatic rings. The summed E-state index contributed by atoms with van der Waals surface area (Å²) in [5.74, 6) is -4.63. The van der Waals surface area contributed by atoms with Gasteiger partial charge in [0.05, 0.1) is 65.8 Å². The van der Waals surface area contributed by atoms with Gasteiger partial charge in [-0.25, -0.2) is 4.79 Å². The quantitative estimate of drug-likeness (QED) is 0.107. The summed E-state index contributed by atoms with van der Waals surface area (Å²) in [5.41, 5.74) is 0.423. The number of ether oxygens (including phenoxy) is 4. The van der Waals surface area contributed by atoms with Gasteiger partial charge in [-0.15, -0.1) is 0 Å². The first-order valence-corrected chi connectivity index (χ1v) is 31.7. The summed E-state index contributed by atoms with van der Waals surface area (Å²) in [5, 5.41) is 38.3. The molecule has 0 spiro atoms. The van der Waals surface area contributed by atoms with E-state index in [4.69, 9.17) is 18.9 Å². The second-order valence-corrected chi connectivity index (χ2v) is 23.7. The maximum atomic E-state index is 14.5. The van der Waals surface area contributed by atoms with Gasteiger partial charge in [-0.05, 0) is 88.1 Å². The standard InChI is InChI=1S/C66H91N13O14/c1-8-43-21-22-51-56(92-7)52(43)64(88)74-27-35-77-34-26-70-60(84)48-18-13-20-50(55(48)91-6)62(86)72-30-38-79(39-31-73-63(51)87)44(14-9-10-23-75-65(89)93-66(2,3)4)42-78-36-28-68-58(82)46-16-11-15-45(53(46)80)57(81)67-24-32-76(40-41-77)33-25-69-59(83)47-17-12-19-49(54(47)90-5)61(85)71-29-37-78/h11-13,15-22,44,80H,8-10,14,23-42H2,1-7H3,(H,67,81)(H,68,82)(H,69,83)(H,70,84)(H,71,85)(H,72,86)(H,73,87)(H,74,88)(H,75,89). The summed E-state index contributed by atoms with van der Waals surface area (Å²) in [4.78, 5) is 135. The molecule has 0 fully saturated rings. The lowest BCUT2D eigenvalue weighted by molar-refractivity contribution is 0.0524. The average Bonchev–Trinajstić information content (AvgIpc) is 1.04. The van der Waals surface area contributed by atoms with Crippen molar-refractivity contribution in [3.8, 4) is 23.0 Å². The Kier molecular flexibility index (Phi) is 27.0. The molecule has 504 valence electrons. The van der Waals surface area contributed by atoms with E-state index in [1.54, 1.807) is 69.3 Å². The summed E-state index contributed by atoms with van der Waals surface area (Å²) in [6, 6.07) is 16.7. The second-order valence-electron chi connectivity index (χ2n) is 23.7. The Balaban J connectivity index is 1.37. The molecule has 0 saturated carbocycles. The molecule has 93 heavy (non-hydrogen) atoms. The van der Waals surface area contributed by atoms with Gasteiger partial charge in [0.1, 0.15) is 28.6 Å². The molecule has 0 aromatic heterocycles. The topological polar surface area (TPSA) is 332 Å². The SMILES string of the molecule is CCc1ccc2c(OC)c1C(=O)NCCN1CCNC(=O)c3cccc(c3OC)C(=O)NCCN(CCNC2=O)C(CCCCNC(=O)OC(C)(C)C)CN2CCNC(=O)c3cccc(c3O)C(=O)NCCN(CCNC(=O)c3cccc(c3OC)C(=O)NCC2)CC1. The highest BCUT2D eigenvalue weighted by molar-refractivity contribution is 6.07. The van der Waals surface area contributed by atoms with E-state index in [-0.39, 0.29) is 180 Å². The number of phenolic OH excluding ortho intramolecular Hbond substituents is 1. The number of methoxy groups -OCH3 is 3. The number of unbranched alkanes of at least 4 members (excludes halogenated alkanes) is 1. The van der Waals surface area contributed by atoms with Gasteiger partial charge >= 0.3 is 6.09 Å². The fraction of sp³-hybridized carbons (Fsp3) is 0.500. The zero-order valence-corrected chi connectivity index (χ0v) is 54.4. The van der Waals surface area contributed by atoms with Crippen molar-refractivity contribution in [3.05, 3.63) is 117 Å². The second kappa shape index (κ2) is 35.1. The fourth-order valence-corrected chi connectivity index (χ4v) is 11.5. The minimum atomic E-state index is -0.728. The number of fused-ring (bicyclic) bond motifs is 16. The van der Waals surface area contributed by atoms with Crippen LogP contribution in [0.4, 0.5) is 4.79 Å². The number of aryl methyl sites for hydroxylation is 1. The highest BCUT2D eigenvalue weighted by Crippen LogP contribution is 2.30. The van der Waals surface area contributed by atoms with E-state index in [2.05, 4.69) is 52.8 Å². The number of phenols is 1. The van der Waals surface area contributed by atoms with Gasteiger partial charge in [0.25, 0.3) is 47.3 Å². The number of carbonyl (C=O) groups is 9. The molecule has 0 aliphatic carbocycles. The molecule has 27 nitrogen and oxygen atoms in total. The van der Waals surface area contributed by atoms with Crippen molar-refractivity contribution < 1.29 is 67.2 Å². The Morgan fingerprint density at radius 1 is 0.473 bits per heavy atom. The molecular weight excluding hydrogens is 1200 g/mol. The lowest BCUT2D eigenvalue weighted by Crippen LogP contribution is -2.51. The highest BCUT2D eigenvalue weighted by atomic mass is 16.6. The summed E-state index contributed by atoms with van der Waals surface area (Å²) in [6.45, 7) is 10.5. The minimum Gasteiger partial charge on any atom is -0.506 e. The van der Waals surface area contributed by atoms with Crippen molar-refractivity contribution in [1.82, 2.24) is 67.5 Å². The van der Waals surface area contributed by atoms with Crippen LogP contribution < -0.4 is 62.1 Å². The molecule has 10 N–H and O–H groups in total. The van der Waals surface area contributed by atoms with Crippen LogP contribution in [0.1, 0.15) is 135 Å². The number of aromatic hydroxyl groups is 1. The van der Waals surface area contributed by atoms with E-state index < -0.39 is 70.7 Å². The number of carbonyl (C=O) groups excluding carboxylic acids is 9. The lowest BCUT2D eigenvalue weighted by Gasteiger charge is -2.36. The average molecular weight is 1290 g/mol. The molecule has 27 heteroatoms. The number of amides is 9. The predicted molar refractivity (Wildman–Crippen MR) is 348 cm³/mol. The smallest absolute Gasteiger partial charge is 0.407 e. The van der Waals surface area contributed by atoms with Crippen LogP contribution in [0.15, 0.2) is 66.7 Å². The van der Waals surface area contributed by atoms with Crippen molar-refractivity contribution in [2.45, 2.75) is 65.0 Å². The first-order valence-electron chi connectivity index (χ1n) is 31.7. The zero-order chi connectivity index (χ0) is 67.0. The maximum absolute atomic E-state index is 14.5. The Labute approximate surface area is 543 Å². The number of hydrogen-bond donors (Lipinski definition) is 10. The van der Waals surface area contributed by atoms with Crippen molar-refractivity contribution in [1.29, 1.82) is 0 Å². The van der Waals surface area contributed by atoms with E-state index in [0.29, 0.717) is 44.3 Å². The number of benzene rings is 4. The third kappa shape index (κ3) is 20.2. The molecule has 5 atom stereocenters. The lowest BCUT2D eigenvalue weighted by atomic mass is 9.98. The van der Waals surface area contributed by atoms with Crippen LogP contribution in [-0.4, -0.2) is 242 Å². The third-order valence-corrected chi connectivity index (χ3v) is 16.2. The Morgan fingerprint density at radius 3 is 1.22 bits per heavy atom. The van der Waals surface area contributed by atoms with E-state index in [1.807, 2.05) is 21.6 Å². The molecular formula is C66H91N13O14. The van der Waals surface area contributed by atoms with Crippen molar-refractivity contribution in [2.24, 2.45) is 0 Å². The van der Waals surface area contributed by atoms with Crippen LogP contribution in [0.3, 0.4) is 0 Å². The molecule has 4 aliphatic rings. The first kappa shape index (κ1) is 71.4. The normalized spacial score (nSPS) is 20.9. The van der Waals surface area contributed by atoms with Crippen LogP contribution in [0, 0.1) is 0 Å². The minimum absolute atomic E-state index is 0.0110. The number of nitrogens with zero attached hydrogens (tertiary/aromatic N) is 4. The van der Waals surface area contributed by atoms with E-state index in [0.717, 1.165) is 0 Å². The van der Waals surface area contributed by atoms with Crippen LogP contribution in [-0.2, 0) is 11.2 Å². The van der Waals surface area contributed by atoms with Gasteiger partial charge in [0, 0.05) is 137 Å². The van der Waals surface area contributed by atoms with E-state index in [1.165, 1.54) is 39.5 Å². The van der Waals surface area contributed by atoms with E-state index in [9.17, 15) is 48.3 Å². The van der Waals surface area contributed by atoms with Crippen LogP contribution in [0.2, 0.25) is 0 Å². The summed E-state index contributed by atoms with van der Waals surface area (Å²) in [6.07, 6.45) is 1.37. The molecule has 8 rings (SSSR count). The Hall–Kier alpha value is -9.05. The van der Waals surface area contributed by atoms with Gasteiger partial charge in [-0.2, -0.15) is 0 Å². The maximum Gasteiger partial charge on any atom is 0.407 e. The highest BCUT2D eigenvalue weighted by Gasteiger charge is 2.29. The molecule has 4 heterocycles. The van der Waals surface area contributed by atoms with Crippen LogP contribution in [0.25, 0.3) is 0 Å². The fourth-order valence-electron chi connectivity index (χ4n) is 11.5. The van der Waals surface area contributed by atoms with Crippen molar-refractivity contribution >= 4 is 53.4 Å². The van der Waals surface area contributed by atoms with Crippen molar-refractivity contribution in [2.75, 3.05) is 152 Å². The Bertz CT molecular complexity index is 3300.